The van der Waals surface area contributed by atoms with E-state index in [1.54, 1.807) is 6.92 Å². The van der Waals surface area contributed by atoms with Gasteiger partial charge in [-0.25, -0.2) is 9.18 Å². The molecule has 0 aromatic heterocycles. The molecule has 0 saturated carbocycles. The van der Waals surface area contributed by atoms with Gasteiger partial charge < -0.3 is 9.64 Å². The zero-order valence-electron chi connectivity index (χ0n) is 12.0. The third-order valence-electron chi connectivity index (χ3n) is 2.67. The Kier molecular flexibility index (Phi) is 6.55. The van der Waals surface area contributed by atoms with Crippen molar-refractivity contribution in [2.75, 3.05) is 19.7 Å². The molecule has 0 fully saturated rings. The molecule has 1 aromatic rings. The van der Waals surface area contributed by atoms with Crippen molar-refractivity contribution in [3.63, 3.8) is 0 Å². The van der Waals surface area contributed by atoms with Crippen LogP contribution in [0.1, 0.15) is 24.2 Å². The van der Waals surface area contributed by atoms with E-state index in [-0.39, 0.29) is 11.5 Å². The van der Waals surface area contributed by atoms with Crippen molar-refractivity contribution < 1.29 is 18.7 Å². The molecule has 0 heterocycles. The van der Waals surface area contributed by atoms with Gasteiger partial charge in [0.25, 0.3) is 5.91 Å². The Bertz CT molecular complexity index is 560. The molecule has 0 unspecified atom stereocenters. The van der Waals surface area contributed by atoms with E-state index in [1.807, 2.05) is 6.92 Å². The van der Waals surface area contributed by atoms with E-state index in [4.69, 9.17) is 4.74 Å². The van der Waals surface area contributed by atoms with Crippen LogP contribution in [0, 0.1) is 5.82 Å². The summed E-state index contributed by atoms with van der Waals surface area (Å²) < 4.78 is 19.0. The second-order valence-corrected chi connectivity index (χ2v) is 5.48. The first-order valence-electron chi connectivity index (χ1n) is 6.39. The number of hydrogen-bond donors (Lipinski definition) is 0. The van der Waals surface area contributed by atoms with E-state index in [9.17, 15) is 14.0 Å². The van der Waals surface area contributed by atoms with Gasteiger partial charge in [-0.2, -0.15) is 0 Å². The average molecular weight is 358 g/mol. The largest absolute Gasteiger partial charge is 0.452 e. The summed E-state index contributed by atoms with van der Waals surface area (Å²) in [6.07, 6.45) is 0. The Morgan fingerprint density at radius 1 is 1.43 bits per heavy atom. The molecule has 21 heavy (non-hydrogen) atoms. The van der Waals surface area contributed by atoms with Crippen LogP contribution < -0.4 is 0 Å². The van der Waals surface area contributed by atoms with Crippen molar-refractivity contribution >= 4 is 27.8 Å². The van der Waals surface area contributed by atoms with Gasteiger partial charge in [0.15, 0.2) is 6.61 Å². The lowest BCUT2D eigenvalue weighted by Crippen LogP contribution is -2.35. The predicted octanol–water partition coefficient (Wildman–Crippen LogP) is 3.17. The summed E-state index contributed by atoms with van der Waals surface area (Å²) in [6, 6.07) is 4.00. The molecule has 0 aliphatic heterocycles. The Morgan fingerprint density at radius 3 is 2.62 bits per heavy atom. The second-order valence-electron chi connectivity index (χ2n) is 4.57. The molecule has 0 N–H and O–H groups in total. The molecule has 0 saturated heterocycles. The minimum atomic E-state index is -0.861. The van der Waals surface area contributed by atoms with Gasteiger partial charge in [-0.1, -0.05) is 28.1 Å². The van der Waals surface area contributed by atoms with Gasteiger partial charge in [0.05, 0.1) is 5.56 Å². The predicted molar refractivity (Wildman–Crippen MR) is 81.5 cm³/mol. The molecule has 0 radical (unpaired) electrons. The first-order chi connectivity index (χ1) is 9.85. The summed E-state index contributed by atoms with van der Waals surface area (Å²) in [5.74, 6) is -1.90. The smallest absolute Gasteiger partial charge is 0.341 e. The Labute approximate surface area is 131 Å². The summed E-state index contributed by atoms with van der Waals surface area (Å²) in [5.41, 5.74) is 0.629. The minimum Gasteiger partial charge on any atom is -0.452 e. The number of ether oxygens (including phenoxy) is 1. The number of likely N-dealkylation sites (N-methyl/N-ethyl adjacent to an activating group) is 1. The number of rotatable bonds is 6. The van der Waals surface area contributed by atoms with Gasteiger partial charge in [0.1, 0.15) is 5.82 Å². The van der Waals surface area contributed by atoms with Crippen LogP contribution in [-0.2, 0) is 9.53 Å². The summed E-state index contributed by atoms with van der Waals surface area (Å²) in [7, 11) is 0. The van der Waals surface area contributed by atoms with Crippen molar-refractivity contribution in [1.82, 2.24) is 4.90 Å². The summed E-state index contributed by atoms with van der Waals surface area (Å²) in [6.45, 7) is 7.82. The lowest BCUT2D eigenvalue weighted by atomic mass is 10.2. The molecule has 6 heteroatoms. The molecule has 0 aliphatic rings. The maximum absolute atomic E-state index is 13.6. The molecular weight excluding hydrogens is 341 g/mol. The summed E-state index contributed by atoms with van der Waals surface area (Å²) >= 11 is 3.10. The molecule has 0 atom stereocenters. The van der Waals surface area contributed by atoms with Crippen LogP contribution in [0.25, 0.3) is 0 Å². The number of esters is 1. The van der Waals surface area contributed by atoms with Gasteiger partial charge in [-0.15, -0.1) is 0 Å². The highest BCUT2D eigenvalue weighted by Gasteiger charge is 2.17. The zero-order chi connectivity index (χ0) is 16.0. The first kappa shape index (κ1) is 17.4. The number of halogens is 2. The highest BCUT2D eigenvalue weighted by atomic mass is 79.9. The standard InChI is InChI=1S/C15H17BrFNO3/c1-4-18(8-10(2)3)14(19)9-21-15(20)12-6-5-11(16)7-13(12)17/h5-7H,2,4,8-9H2,1,3H3. The van der Waals surface area contributed by atoms with E-state index in [1.165, 1.54) is 17.0 Å². The highest BCUT2D eigenvalue weighted by Crippen LogP contribution is 2.16. The Hall–Kier alpha value is -1.69. The van der Waals surface area contributed by atoms with Gasteiger partial charge in [-0.05, 0) is 32.0 Å². The topological polar surface area (TPSA) is 46.6 Å². The normalized spacial score (nSPS) is 10.1. The van der Waals surface area contributed by atoms with Crippen molar-refractivity contribution in [3.05, 3.63) is 46.2 Å². The maximum Gasteiger partial charge on any atom is 0.341 e. The number of hydrogen-bond acceptors (Lipinski definition) is 3. The average Bonchev–Trinajstić information content (AvgIpc) is 2.41. The number of carbonyl (C=O) groups excluding carboxylic acids is 2. The van der Waals surface area contributed by atoms with Crippen LogP contribution in [0.4, 0.5) is 4.39 Å². The lowest BCUT2D eigenvalue weighted by molar-refractivity contribution is -0.133. The van der Waals surface area contributed by atoms with Crippen LogP contribution in [-0.4, -0.2) is 36.5 Å². The number of carbonyl (C=O) groups is 2. The molecule has 1 amide bonds. The quantitative estimate of drug-likeness (QED) is 0.580. The molecule has 1 rings (SSSR count). The van der Waals surface area contributed by atoms with Gasteiger partial charge in [0, 0.05) is 17.6 Å². The summed E-state index contributed by atoms with van der Waals surface area (Å²) in [5, 5.41) is 0. The fourth-order valence-electron chi connectivity index (χ4n) is 1.65. The number of benzene rings is 1. The van der Waals surface area contributed by atoms with Crippen LogP contribution in [0.5, 0.6) is 0 Å². The van der Waals surface area contributed by atoms with E-state index >= 15 is 0 Å². The van der Waals surface area contributed by atoms with Crippen molar-refractivity contribution in [3.8, 4) is 0 Å². The van der Waals surface area contributed by atoms with Gasteiger partial charge in [0.2, 0.25) is 0 Å². The minimum absolute atomic E-state index is 0.200. The maximum atomic E-state index is 13.6. The highest BCUT2D eigenvalue weighted by molar-refractivity contribution is 9.10. The molecule has 0 bridgehead atoms. The Balaban J connectivity index is 2.63. The van der Waals surface area contributed by atoms with Crippen molar-refractivity contribution in [2.24, 2.45) is 0 Å². The van der Waals surface area contributed by atoms with E-state index in [0.29, 0.717) is 17.6 Å². The molecule has 0 spiro atoms. The van der Waals surface area contributed by atoms with Crippen LogP contribution in [0.3, 0.4) is 0 Å². The third-order valence-corrected chi connectivity index (χ3v) is 3.17. The van der Waals surface area contributed by atoms with Crippen molar-refractivity contribution in [1.29, 1.82) is 0 Å². The van der Waals surface area contributed by atoms with E-state index in [0.717, 1.165) is 11.6 Å². The van der Waals surface area contributed by atoms with Gasteiger partial charge in [-0.3, -0.25) is 4.79 Å². The first-order valence-corrected chi connectivity index (χ1v) is 7.18. The number of amides is 1. The summed E-state index contributed by atoms with van der Waals surface area (Å²) in [4.78, 5) is 25.1. The molecule has 114 valence electrons. The lowest BCUT2D eigenvalue weighted by Gasteiger charge is -2.20. The van der Waals surface area contributed by atoms with Crippen LogP contribution >= 0.6 is 15.9 Å². The molecule has 0 aliphatic carbocycles. The van der Waals surface area contributed by atoms with Gasteiger partial charge >= 0.3 is 5.97 Å². The molecule has 4 nitrogen and oxygen atoms in total. The Morgan fingerprint density at radius 2 is 2.10 bits per heavy atom. The fraction of sp³-hybridized carbons (Fsp3) is 0.333. The zero-order valence-corrected chi connectivity index (χ0v) is 13.6. The van der Waals surface area contributed by atoms with E-state index < -0.39 is 18.4 Å². The van der Waals surface area contributed by atoms with E-state index in [2.05, 4.69) is 22.5 Å². The number of nitrogens with zero attached hydrogens (tertiary/aromatic N) is 1. The fourth-order valence-corrected chi connectivity index (χ4v) is 1.99. The monoisotopic (exact) mass is 357 g/mol. The van der Waals surface area contributed by atoms with Crippen molar-refractivity contribution in [2.45, 2.75) is 13.8 Å². The second kappa shape index (κ2) is 7.93. The third kappa shape index (κ3) is 5.30. The van der Waals surface area contributed by atoms with Crippen LogP contribution in [0.15, 0.2) is 34.8 Å². The molecule has 1 aromatic carbocycles. The SMILES string of the molecule is C=C(C)CN(CC)C(=O)COC(=O)c1ccc(Br)cc1F. The van der Waals surface area contributed by atoms with Crippen LogP contribution in [0.2, 0.25) is 0 Å². The molecular formula is C15H17BrFNO3.